The number of aromatic nitrogens is 3. The number of imidazole rings is 1. The number of furan rings is 1. The maximum Gasteiger partial charge on any atom is 0.299 e. The molecule has 1 fully saturated rings. The topological polar surface area (TPSA) is 25.8 Å². The molecular formula is C71H75N3OSi+2. The Morgan fingerprint density at radius 2 is 1.38 bits per heavy atom. The van der Waals surface area contributed by atoms with E-state index in [-0.39, 0.29) is 17.4 Å². The minimum atomic E-state index is -1.74. The van der Waals surface area contributed by atoms with Crippen molar-refractivity contribution in [1.29, 1.82) is 0 Å². The lowest BCUT2D eigenvalue weighted by molar-refractivity contribution is -0.706. The van der Waals surface area contributed by atoms with Crippen LogP contribution in [0.3, 0.4) is 0 Å². The van der Waals surface area contributed by atoms with E-state index in [1.165, 1.54) is 87.9 Å². The second-order valence-electron chi connectivity index (χ2n) is 24.7. The van der Waals surface area contributed by atoms with E-state index in [9.17, 15) is 0 Å². The van der Waals surface area contributed by atoms with Crippen LogP contribution < -0.4 is 14.3 Å². The summed E-state index contributed by atoms with van der Waals surface area (Å²) in [6.07, 6.45) is 13.3. The molecule has 2 unspecified atom stereocenters. The highest BCUT2D eigenvalue weighted by Gasteiger charge is 2.42. The van der Waals surface area contributed by atoms with Crippen LogP contribution in [0.4, 0.5) is 0 Å². The second kappa shape index (κ2) is 19.5. The molecule has 4 nitrogen and oxygen atoms in total. The summed E-state index contributed by atoms with van der Waals surface area (Å²) in [5.41, 5.74) is 20.8. The van der Waals surface area contributed by atoms with E-state index in [4.69, 9.17) is 4.42 Å². The van der Waals surface area contributed by atoms with E-state index in [1.54, 1.807) is 10.8 Å². The highest BCUT2D eigenvalue weighted by Crippen LogP contribution is 2.48. The summed E-state index contributed by atoms with van der Waals surface area (Å²) in [6, 6.07) is 59.4. The molecule has 2 aliphatic rings. The van der Waals surface area contributed by atoms with Gasteiger partial charge in [0.2, 0.25) is 5.69 Å². The Morgan fingerprint density at radius 3 is 2.04 bits per heavy atom. The zero-order valence-corrected chi connectivity index (χ0v) is 47.4. The van der Waals surface area contributed by atoms with Gasteiger partial charge in [-0.05, 0) is 118 Å². The molecule has 1 aliphatic carbocycles. The SMILES string of the molecule is C=CC1C(CCc2ccc3c(oc4ccccc43)c2-c2n(-c3c(-c4ccccc4)cc(C(C)(C)C)cc3-c3ccccc3)c3ccccc3[n+]2C)c2ccc(C(C)C)cc2-c2cc(CC3CCCC3)c([Si](C)(C)C)c[n+]21. The first-order valence-corrected chi connectivity index (χ1v) is 31.8. The molecule has 1 saturated carbocycles. The number of pyridine rings is 1. The zero-order valence-electron chi connectivity index (χ0n) is 46.4. The van der Waals surface area contributed by atoms with Gasteiger partial charge in [-0.3, -0.25) is 0 Å². The summed E-state index contributed by atoms with van der Waals surface area (Å²) < 4.78 is 14.9. The quantitative estimate of drug-likeness (QED) is 0.0680. The highest BCUT2D eigenvalue weighted by atomic mass is 28.3. The average Bonchev–Trinajstić information content (AvgIpc) is 4.34. The van der Waals surface area contributed by atoms with E-state index >= 15 is 0 Å². The van der Waals surface area contributed by atoms with Gasteiger partial charge in [-0.15, -0.1) is 0 Å². The van der Waals surface area contributed by atoms with Gasteiger partial charge in [-0.2, -0.15) is 9.13 Å². The van der Waals surface area contributed by atoms with Gasteiger partial charge in [0.05, 0.1) is 26.6 Å². The summed E-state index contributed by atoms with van der Waals surface area (Å²) in [5, 5.41) is 3.87. The van der Waals surface area contributed by atoms with E-state index in [2.05, 4.69) is 252 Å². The lowest BCUT2D eigenvalue weighted by Crippen LogP contribution is -2.53. The first-order valence-electron chi connectivity index (χ1n) is 28.3. The van der Waals surface area contributed by atoms with Crippen LogP contribution in [-0.4, -0.2) is 12.6 Å². The molecular weight excluding hydrogens is 939 g/mol. The average molecular weight is 1010 g/mol. The number of hydrogen-bond acceptors (Lipinski definition) is 1. The molecule has 2 atom stereocenters. The van der Waals surface area contributed by atoms with Crippen molar-refractivity contribution < 1.29 is 13.6 Å². The Kier molecular flexibility index (Phi) is 12.8. The van der Waals surface area contributed by atoms with Gasteiger partial charge in [0.25, 0.3) is 5.82 Å². The third-order valence-electron chi connectivity index (χ3n) is 17.4. The Hall–Kier alpha value is -7.08. The molecule has 382 valence electrons. The molecule has 10 aromatic rings. The van der Waals surface area contributed by atoms with Gasteiger partial charge in [-0.25, -0.2) is 4.57 Å². The minimum absolute atomic E-state index is 0.0900. The Bertz CT molecular complexity index is 3780. The van der Waals surface area contributed by atoms with E-state index < -0.39 is 8.07 Å². The minimum Gasteiger partial charge on any atom is -0.455 e. The Labute approximate surface area is 452 Å². The molecule has 0 bridgehead atoms. The standard InChI is InChI=1S/C71H75N3OSi/c1-11-61-55(54-37-36-51(46(2)3)41-60(54)64-42-52(40-47-24-18-19-25-47)66(45-73(61)64)76(8,9)10)38-34-50-35-39-57-56-30-20-23-33-65(56)75-69(57)67(50)70-72(7)62-31-21-22-32-63(62)74(70)68-58(48-26-14-12-15-27-48)43-53(71(4,5)6)44-59(68)49-28-16-13-17-29-49/h11-17,20-23,26-33,35-37,39,41-47,55,61H,1,18-19,24-25,34,38,40H2,2-10H3/q+2. The van der Waals surface area contributed by atoms with Crippen molar-refractivity contribution in [1.82, 2.24) is 4.57 Å². The second-order valence-corrected chi connectivity index (χ2v) is 29.7. The fourth-order valence-electron chi connectivity index (χ4n) is 13.3. The summed E-state index contributed by atoms with van der Waals surface area (Å²) in [7, 11) is 0.521. The maximum atomic E-state index is 7.25. The van der Waals surface area contributed by atoms with Crippen LogP contribution in [-0.2, 0) is 25.3 Å². The Balaban J connectivity index is 1.10. The van der Waals surface area contributed by atoms with Crippen molar-refractivity contribution in [3.63, 3.8) is 0 Å². The molecule has 76 heavy (non-hydrogen) atoms. The molecule has 5 heteroatoms. The van der Waals surface area contributed by atoms with Crippen LogP contribution in [0.25, 0.3) is 83.6 Å². The Morgan fingerprint density at radius 1 is 0.724 bits per heavy atom. The number of fused-ring (bicyclic) bond motifs is 7. The lowest BCUT2D eigenvalue weighted by Gasteiger charge is -2.32. The number of aryl methyl sites for hydroxylation is 2. The lowest BCUT2D eigenvalue weighted by atomic mass is 9.78. The van der Waals surface area contributed by atoms with Crippen molar-refractivity contribution in [3.05, 3.63) is 204 Å². The summed E-state index contributed by atoms with van der Waals surface area (Å²) >= 11 is 0. The predicted octanol–water partition coefficient (Wildman–Crippen LogP) is 17.5. The van der Waals surface area contributed by atoms with Crippen LogP contribution >= 0.6 is 0 Å². The fraction of sp³-hybridized carbons (Fsp3) is 0.296. The van der Waals surface area contributed by atoms with E-state index in [1.807, 2.05) is 0 Å². The normalized spacial score (nSPS) is 16.0. The third kappa shape index (κ3) is 8.69. The fourth-order valence-corrected chi connectivity index (χ4v) is 15.0. The third-order valence-corrected chi connectivity index (χ3v) is 19.4. The van der Waals surface area contributed by atoms with Gasteiger partial charge in [0.15, 0.2) is 28.9 Å². The van der Waals surface area contributed by atoms with Gasteiger partial charge in [-0.1, -0.05) is 202 Å². The van der Waals surface area contributed by atoms with Crippen LogP contribution in [0.2, 0.25) is 19.6 Å². The number of benzene rings is 7. The summed E-state index contributed by atoms with van der Waals surface area (Å²) in [5.74, 6) is 2.50. The first-order chi connectivity index (χ1) is 36.7. The van der Waals surface area contributed by atoms with Crippen molar-refractivity contribution in [2.45, 2.75) is 122 Å². The number of hydrogen-bond donors (Lipinski definition) is 0. The monoisotopic (exact) mass is 1010 g/mol. The molecule has 12 rings (SSSR count). The highest BCUT2D eigenvalue weighted by molar-refractivity contribution is 6.89. The van der Waals surface area contributed by atoms with Crippen molar-refractivity contribution >= 4 is 46.2 Å². The first kappa shape index (κ1) is 49.8. The molecule has 0 N–H and O–H groups in total. The number of para-hydroxylation sites is 3. The summed E-state index contributed by atoms with van der Waals surface area (Å²) in [4.78, 5) is 0. The molecule has 4 heterocycles. The van der Waals surface area contributed by atoms with Crippen molar-refractivity contribution in [2.24, 2.45) is 13.0 Å². The zero-order chi connectivity index (χ0) is 52.6. The number of nitrogens with zero attached hydrogens (tertiary/aromatic N) is 3. The van der Waals surface area contributed by atoms with Crippen molar-refractivity contribution in [2.75, 3.05) is 0 Å². The predicted molar refractivity (Wildman–Crippen MR) is 322 cm³/mol. The molecule has 0 saturated heterocycles. The largest absolute Gasteiger partial charge is 0.455 e. The van der Waals surface area contributed by atoms with Gasteiger partial charge in [0, 0.05) is 33.2 Å². The molecule has 1 aliphatic heterocycles. The smallest absolute Gasteiger partial charge is 0.299 e. The van der Waals surface area contributed by atoms with Crippen LogP contribution in [0.1, 0.15) is 112 Å². The van der Waals surface area contributed by atoms with Gasteiger partial charge >= 0.3 is 0 Å². The molecule has 3 aromatic heterocycles. The molecule has 0 spiro atoms. The molecule has 0 radical (unpaired) electrons. The van der Waals surface area contributed by atoms with Crippen LogP contribution in [0, 0.1) is 5.92 Å². The van der Waals surface area contributed by atoms with Crippen LogP contribution in [0.5, 0.6) is 0 Å². The van der Waals surface area contributed by atoms with E-state index in [0.717, 1.165) is 68.8 Å². The number of rotatable bonds is 12. The number of allylic oxidation sites excluding steroid dienone is 1. The molecule has 7 aromatic carbocycles. The van der Waals surface area contributed by atoms with Crippen LogP contribution in [0.15, 0.2) is 181 Å². The summed E-state index contributed by atoms with van der Waals surface area (Å²) in [6.45, 7) is 24.0. The van der Waals surface area contributed by atoms with Gasteiger partial charge < -0.3 is 4.42 Å². The van der Waals surface area contributed by atoms with Gasteiger partial charge in [0.1, 0.15) is 16.8 Å². The maximum absolute atomic E-state index is 7.25. The van der Waals surface area contributed by atoms with Crippen molar-refractivity contribution in [3.8, 4) is 50.6 Å². The van der Waals surface area contributed by atoms with E-state index in [0.29, 0.717) is 5.92 Å². The molecule has 0 amide bonds.